The fourth-order valence-electron chi connectivity index (χ4n) is 0.988. The van der Waals surface area contributed by atoms with E-state index in [1.165, 1.54) is 18.4 Å². The Labute approximate surface area is 86.9 Å². The van der Waals surface area contributed by atoms with Crippen LogP contribution in [0.1, 0.15) is 27.3 Å². The van der Waals surface area contributed by atoms with Gasteiger partial charge >= 0.3 is 5.97 Å². The number of aromatic nitrogens is 1. The first-order chi connectivity index (χ1) is 6.69. The number of esters is 1. The van der Waals surface area contributed by atoms with Gasteiger partial charge in [-0.05, 0) is 13.8 Å². The van der Waals surface area contributed by atoms with E-state index in [-0.39, 0.29) is 5.97 Å². The van der Waals surface area contributed by atoms with E-state index in [2.05, 4.69) is 9.72 Å². The van der Waals surface area contributed by atoms with Crippen molar-refractivity contribution >= 4 is 17.3 Å². The van der Waals surface area contributed by atoms with Crippen LogP contribution >= 0.6 is 11.3 Å². The number of carbonyl (C=O) groups excluding carboxylic acids is 1. The van der Waals surface area contributed by atoms with E-state index in [0.29, 0.717) is 18.9 Å². The maximum Gasteiger partial charge on any atom is 0.357 e. The van der Waals surface area contributed by atoms with Crippen molar-refractivity contribution in [2.75, 3.05) is 13.7 Å². The van der Waals surface area contributed by atoms with Gasteiger partial charge in [-0.15, -0.1) is 11.3 Å². The van der Waals surface area contributed by atoms with Gasteiger partial charge in [0, 0.05) is 11.5 Å². The predicted molar refractivity (Wildman–Crippen MR) is 53.5 cm³/mol. The highest BCUT2D eigenvalue weighted by molar-refractivity contribution is 7.11. The molecule has 0 aliphatic carbocycles. The zero-order valence-corrected chi connectivity index (χ0v) is 9.31. The van der Waals surface area contributed by atoms with E-state index in [9.17, 15) is 4.79 Å². The molecule has 5 heteroatoms. The lowest BCUT2D eigenvalue weighted by atomic mass is 10.4. The monoisotopic (exact) mass is 215 g/mol. The summed E-state index contributed by atoms with van der Waals surface area (Å²) >= 11 is 1.46. The molecule has 0 bridgehead atoms. The van der Waals surface area contributed by atoms with Crippen molar-refractivity contribution in [1.82, 2.24) is 4.98 Å². The molecule has 1 aromatic heterocycles. The minimum absolute atomic E-state index is 0.388. The summed E-state index contributed by atoms with van der Waals surface area (Å²) in [6, 6.07) is 0. The highest BCUT2D eigenvalue weighted by atomic mass is 32.1. The smallest absolute Gasteiger partial charge is 0.357 e. The van der Waals surface area contributed by atoms with Gasteiger partial charge in [-0.1, -0.05) is 0 Å². The van der Waals surface area contributed by atoms with Crippen LogP contribution in [0.5, 0.6) is 0 Å². The number of rotatable bonds is 4. The van der Waals surface area contributed by atoms with Gasteiger partial charge < -0.3 is 9.47 Å². The Balaban J connectivity index is 2.77. The van der Waals surface area contributed by atoms with E-state index < -0.39 is 0 Å². The number of hydrogen-bond acceptors (Lipinski definition) is 5. The summed E-state index contributed by atoms with van der Waals surface area (Å²) < 4.78 is 9.80. The van der Waals surface area contributed by atoms with Crippen molar-refractivity contribution in [2.24, 2.45) is 0 Å². The van der Waals surface area contributed by atoms with Crippen LogP contribution in [0.25, 0.3) is 0 Å². The van der Waals surface area contributed by atoms with E-state index in [0.717, 1.165) is 9.88 Å². The Morgan fingerprint density at radius 2 is 2.29 bits per heavy atom. The SMILES string of the molecule is CCOCc1nc(C(=O)OC)c(C)s1. The van der Waals surface area contributed by atoms with Gasteiger partial charge in [-0.2, -0.15) is 0 Å². The molecule has 0 spiro atoms. The van der Waals surface area contributed by atoms with Crippen molar-refractivity contribution in [2.45, 2.75) is 20.5 Å². The van der Waals surface area contributed by atoms with Crippen molar-refractivity contribution in [3.63, 3.8) is 0 Å². The summed E-state index contributed by atoms with van der Waals surface area (Å²) in [6.45, 7) is 4.87. The van der Waals surface area contributed by atoms with Crippen molar-refractivity contribution < 1.29 is 14.3 Å². The minimum atomic E-state index is -0.388. The fraction of sp³-hybridized carbons (Fsp3) is 0.556. The van der Waals surface area contributed by atoms with E-state index in [1.807, 2.05) is 13.8 Å². The number of hydrogen-bond donors (Lipinski definition) is 0. The third kappa shape index (κ3) is 2.52. The van der Waals surface area contributed by atoms with Gasteiger partial charge in [0.1, 0.15) is 5.01 Å². The van der Waals surface area contributed by atoms with E-state index in [4.69, 9.17) is 4.74 Å². The molecule has 1 rings (SSSR count). The van der Waals surface area contributed by atoms with Crippen LogP contribution in [0.4, 0.5) is 0 Å². The Morgan fingerprint density at radius 1 is 1.57 bits per heavy atom. The maximum atomic E-state index is 11.2. The summed E-state index contributed by atoms with van der Waals surface area (Å²) in [5, 5.41) is 0.810. The number of carbonyl (C=O) groups is 1. The van der Waals surface area contributed by atoms with Crippen LogP contribution in [0.3, 0.4) is 0 Å². The first kappa shape index (κ1) is 11.1. The normalized spacial score (nSPS) is 10.2. The van der Waals surface area contributed by atoms with Crippen LogP contribution in [0.2, 0.25) is 0 Å². The molecule has 0 amide bonds. The molecule has 4 nitrogen and oxygen atoms in total. The second kappa shape index (κ2) is 5.07. The molecule has 0 saturated heterocycles. The van der Waals surface area contributed by atoms with E-state index in [1.54, 1.807) is 0 Å². The Hall–Kier alpha value is -0.940. The van der Waals surface area contributed by atoms with Gasteiger partial charge in [-0.3, -0.25) is 0 Å². The Morgan fingerprint density at radius 3 is 2.86 bits per heavy atom. The third-order valence-electron chi connectivity index (χ3n) is 1.65. The van der Waals surface area contributed by atoms with Crippen molar-refractivity contribution in [1.29, 1.82) is 0 Å². The van der Waals surface area contributed by atoms with Gasteiger partial charge in [0.25, 0.3) is 0 Å². The average Bonchev–Trinajstić information content (AvgIpc) is 2.55. The van der Waals surface area contributed by atoms with Crippen LogP contribution in [-0.2, 0) is 16.1 Å². The molecule has 0 unspecified atom stereocenters. The topological polar surface area (TPSA) is 48.4 Å². The first-order valence-corrected chi connectivity index (χ1v) is 5.13. The standard InChI is InChI=1S/C9H13NO3S/c1-4-13-5-7-10-8(6(2)14-7)9(11)12-3/h4-5H2,1-3H3. The number of aryl methyl sites for hydroxylation is 1. The molecule has 0 aliphatic heterocycles. The molecule has 0 atom stereocenters. The number of nitrogens with zero attached hydrogens (tertiary/aromatic N) is 1. The molecular weight excluding hydrogens is 202 g/mol. The molecule has 78 valence electrons. The summed E-state index contributed by atoms with van der Waals surface area (Å²) in [5.41, 5.74) is 0.396. The maximum absolute atomic E-state index is 11.2. The third-order valence-corrected chi connectivity index (χ3v) is 2.59. The predicted octanol–water partition coefficient (Wildman–Crippen LogP) is 1.77. The molecule has 0 aliphatic rings. The zero-order valence-electron chi connectivity index (χ0n) is 8.49. The molecule has 1 aromatic rings. The molecule has 0 radical (unpaired) electrons. The lowest BCUT2D eigenvalue weighted by Crippen LogP contribution is -2.03. The van der Waals surface area contributed by atoms with Gasteiger partial charge in [0.15, 0.2) is 5.69 Å². The van der Waals surface area contributed by atoms with Gasteiger partial charge in [0.2, 0.25) is 0 Å². The lowest BCUT2D eigenvalue weighted by molar-refractivity contribution is 0.0593. The van der Waals surface area contributed by atoms with Gasteiger partial charge in [0.05, 0.1) is 13.7 Å². The lowest BCUT2D eigenvalue weighted by Gasteiger charge is -1.95. The fourth-order valence-corrected chi connectivity index (χ4v) is 1.85. The molecular formula is C9H13NO3S. The summed E-state index contributed by atoms with van der Waals surface area (Å²) in [7, 11) is 1.35. The minimum Gasteiger partial charge on any atom is -0.464 e. The van der Waals surface area contributed by atoms with Crippen LogP contribution in [0.15, 0.2) is 0 Å². The molecule has 14 heavy (non-hydrogen) atoms. The molecule has 1 heterocycles. The number of thiazole rings is 1. The van der Waals surface area contributed by atoms with Crippen LogP contribution in [-0.4, -0.2) is 24.7 Å². The van der Waals surface area contributed by atoms with Crippen LogP contribution in [0, 0.1) is 6.92 Å². The largest absolute Gasteiger partial charge is 0.464 e. The Kier molecular flexibility index (Phi) is 4.03. The summed E-state index contributed by atoms with van der Waals surface area (Å²) in [5.74, 6) is -0.388. The van der Waals surface area contributed by atoms with Crippen LogP contribution < -0.4 is 0 Å². The second-order valence-corrected chi connectivity index (χ2v) is 3.93. The average molecular weight is 215 g/mol. The Bertz CT molecular complexity index is 322. The summed E-state index contributed by atoms with van der Waals surface area (Å²) in [6.07, 6.45) is 0. The molecule has 0 aromatic carbocycles. The zero-order chi connectivity index (χ0) is 10.6. The highest BCUT2D eigenvalue weighted by Gasteiger charge is 2.15. The molecule has 0 N–H and O–H groups in total. The first-order valence-electron chi connectivity index (χ1n) is 4.31. The second-order valence-electron chi connectivity index (χ2n) is 2.64. The molecule has 0 saturated carbocycles. The van der Waals surface area contributed by atoms with E-state index >= 15 is 0 Å². The number of ether oxygens (including phenoxy) is 2. The highest BCUT2D eigenvalue weighted by Crippen LogP contribution is 2.18. The quantitative estimate of drug-likeness (QED) is 0.718. The van der Waals surface area contributed by atoms with Gasteiger partial charge in [-0.25, -0.2) is 9.78 Å². The number of methoxy groups -OCH3 is 1. The summed E-state index contributed by atoms with van der Waals surface area (Å²) in [4.78, 5) is 16.2. The van der Waals surface area contributed by atoms with Crippen molar-refractivity contribution in [3.05, 3.63) is 15.6 Å². The van der Waals surface area contributed by atoms with Crippen molar-refractivity contribution in [3.8, 4) is 0 Å². The molecule has 0 fully saturated rings.